The first-order valence-corrected chi connectivity index (χ1v) is 9.78. The topological polar surface area (TPSA) is 56.2 Å². The molecular weight excluding hydrogens is 338 g/mol. The van der Waals surface area contributed by atoms with E-state index in [1.54, 1.807) is 0 Å². The standard InChI is InChI=1S/C22H31N3O2/c1-15-7-6-8-19(13-15)22(9-11-27-12-10-22)21(26)23-16(2)14-20-17(3)24-25(5)18(20)4/h6-8,13,16H,9-12,14H2,1-5H3,(H,23,26)/t16-/m1/s1. The lowest BCUT2D eigenvalue weighted by Crippen LogP contribution is -2.50. The van der Waals surface area contributed by atoms with E-state index in [-0.39, 0.29) is 11.9 Å². The summed E-state index contributed by atoms with van der Waals surface area (Å²) in [5.41, 5.74) is 5.20. The van der Waals surface area contributed by atoms with E-state index in [1.165, 1.54) is 11.1 Å². The third kappa shape index (κ3) is 3.93. The maximum absolute atomic E-state index is 13.4. The predicted octanol–water partition coefficient (Wildman–Crippen LogP) is 3.14. The number of amides is 1. The summed E-state index contributed by atoms with van der Waals surface area (Å²) in [4.78, 5) is 13.4. The van der Waals surface area contributed by atoms with Crippen LogP contribution in [0.15, 0.2) is 24.3 Å². The second-order valence-corrected chi connectivity index (χ2v) is 7.92. The summed E-state index contributed by atoms with van der Waals surface area (Å²) in [7, 11) is 1.96. The Balaban J connectivity index is 1.80. The zero-order valence-corrected chi connectivity index (χ0v) is 17.1. The lowest BCUT2D eigenvalue weighted by Gasteiger charge is -2.37. The SMILES string of the molecule is Cc1cccc(C2(C(=O)N[C@H](C)Cc3c(C)nn(C)c3C)CCOCC2)c1. The predicted molar refractivity (Wildman–Crippen MR) is 107 cm³/mol. The van der Waals surface area contributed by atoms with Crippen molar-refractivity contribution in [3.05, 3.63) is 52.3 Å². The lowest BCUT2D eigenvalue weighted by atomic mass is 9.73. The van der Waals surface area contributed by atoms with E-state index in [9.17, 15) is 4.79 Å². The van der Waals surface area contributed by atoms with Gasteiger partial charge in [-0.15, -0.1) is 0 Å². The molecule has 1 saturated heterocycles. The summed E-state index contributed by atoms with van der Waals surface area (Å²) in [6, 6.07) is 8.39. The van der Waals surface area contributed by atoms with Gasteiger partial charge in [-0.05, 0) is 58.1 Å². The monoisotopic (exact) mass is 369 g/mol. The third-order valence-corrected chi connectivity index (χ3v) is 5.90. The number of benzene rings is 1. The number of carbonyl (C=O) groups excluding carboxylic acids is 1. The minimum Gasteiger partial charge on any atom is -0.381 e. The maximum atomic E-state index is 13.4. The molecule has 1 amide bonds. The van der Waals surface area contributed by atoms with Crippen LogP contribution in [-0.4, -0.2) is 34.9 Å². The largest absolute Gasteiger partial charge is 0.381 e. The summed E-state index contributed by atoms with van der Waals surface area (Å²) in [6.45, 7) is 9.51. The molecule has 27 heavy (non-hydrogen) atoms. The number of aryl methyl sites for hydroxylation is 3. The highest BCUT2D eigenvalue weighted by atomic mass is 16.5. The van der Waals surface area contributed by atoms with E-state index >= 15 is 0 Å². The Morgan fingerprint density at radius 1 is 1.30 bits per heavy atom. The van der Waals surface area contributed by atoms with Gasteiger partial charge in [0.2, 0.25) is 5.91 Å². The van der Waals surface area contributed by atoms with Crippen molar-refractivity contribution in [2.45, 2.75) is 58.4 Å². The number of nitrogens with one attached hydrogen (secondary N) is 1. The maximum Gasteiger partial charge on any atom is 0.231 e. The fourth-order valence-electron chi connectivity index (χ4n) is 4.14. The van der Waals surface area contributed by atoms with Crippen molar-refractivity contribution >= 4 is 5.91 Å². The van der Waals surface area contributed by atoms with Crippen molar-refractivity contribution in [2.75, 3.05) is 13.2 Å². The van der Waals surface area contributed by atoms with Crippen LogP contribution in [0, 0.1) is 20.8 Å². The number of hydrogen-bond acceptors (Lipinski definition) is 3. The molecule has 1 aromatic carbocycles. The van der Waals surface area contributed by atoms with E-state index in [0.29, 0.717) is 13.2 Å². The van der Waals surface area contributed by atoms with Crippen molar-refractivity contribution in [2.24, 2.45) is 7.05 Å². The summed E-state index contributed by atoms with van der Waals surface area (Å²) in [5.74, 6) is 0.114. The quantitative estimate of drug-likeness (QED) is 0.881. The molecule has 0 saturated carbocycles. The Morgan fingerprint density at radius 3 is 2.59 bits per heavy atom. The zero-order chi connectivity index (χ0) is 19.6. The summed E-state index contributed by atoms with van der Waals surface area (Å²) < 4.78 is 7.48. The van der Waals surface area contributed by atoms with E-state index in [2.05, 4.69) is 49.4 Å². The number of aromatic nitrogens is 2. The molecule has 5 heteroatoms. The molecular formula is C22H31N3O2. The summed E-state index contributed by atoms with van der Waals surface area (Å²) in [6.07, 6.45) is 2.23. The minimum atomic E-state index is -0.502. The van der Waals surface area contributed by atoms with Crippen molar-refractivity contribution in [3.8, 4) is 0 Å². The number of nitrogens with zero attached hydrogens (tertiary/aromatic N) is 2. The van der Waals surface area contributed by atoms with E-state index in [4.69, 9.17) is 4.74 Å². The van der Waals surface area contributed by atoms with Crippen LogP contribution in [0.2, 0.25) is 0 Å². The minimum absolute atomic E-state index is 0.0450. The molecule has 1 aromatic heterocycles. The van der Waals surface area contributed by atoms with Gasteiger partial charge in [-0.3, -0.25) is 9.48 Å². The first-order valence-electron chi connectivity index (χ1n) is 9.78. The number of carbonyl (C=O) groups is 1. The number of rotatable bonds is 5. The first-order chi connectivity index (χ1) is 12.8. The molecule has 2 heterocycles. The van der Waals surface area contributed by atoms with Crippen molar-refractivity contribution < 1.29 is 9.53 Å². The molecule has 2 aromatic rings. The number of ether oxygens (including phenoxy) is 1. The number of hydrogen-bond donors (Lipinski definition) is 1. The van der Waals surface area contributed by atoms with Crippen molar-refractivity contribution in [1.82, 2.24) is 15.1 Å². The van der Waals surface area contributed by atoms with Gasteiger partial charge in [0.25, 0.3) is 0 Å². The Morgan fingerprint density at radius 2 is 2.00 bits per heavy atom. The first kappa shape index (κ1) is 19.6. The highest BCUT2D eigenvalue weighted by molar-refractivity contribution is 5.88. The molecule has 3 rings (SSSR count). The molecule has 1 aliphatic heterocycles. The molecule has 1 aliphatic rings. The van der Waals surface area contributed by atoms with Crippen molar-refractivity contribution in [1.29, 1.82) is 0 Å². The van der Waals surface area contributed by atoms with Gasteiger partial charge in [-0.25, -0.2) is 0 Å². The van der Waals surface area contributed by atoms with Crippen LogP contribution < -0.4 is 5.32 Å². The zero-order valence-electron chi connectivity index (χ0n) is 17.1. The molecule has 5 nitrogen and oxygen atoms in total. The van der Waals surface area contributed by atoms with Crippen LogP contribution in [0.3, 0.4) is 0 Å². The molecule has 0 bridgehead atoms. The smallest absolute Gasteiger partial charge is 0.231 e. The summed E-state index contributed by atoms with van der Waals surface area (Å²) >= 11 is 0. The molecule has 0 spiro atoms. The van der Waals surface area contributed by atoms with Gasteiger partial charge < -0.3 is 10.1 Å². The Hall–Kier alpha value is -2.14. The van der Waals surface area contributed by atoms with Gasteiger partial charge in [-0.2, -0.15) is 5.10 Å². The molecule has 0 radical (unpaired) electrons. The third-order valence-electron chi connectivity index (χ3n) is 5.90. The molecule has 0 unspecified atom stereocenters. The van der Waals surface area contributed by atoms with Crippen LogP contribution in [0.1, 0.15) is 47.8 Å². The van der Waals surface area contributed by atoms with Gasteiger partial charge >= 0.3 is 0 Å². The van der Waals surface area contributed by atoms with Crippen LogP contribution in [0.5, 0.6) is 0 Å². The van der Waals surface area contributed by atoms with Gasteiger partial charge in [0, 0.05) is 32.0 Å². The van der Waals surface area contributed by atoms with Crippen LogP contribution in [0.4, 0.5) is 0 Å². The second-order valence-electron chi connectivity index (χ2n) is 7.92. The van der Waals surface area contributed by atoms with Gasteiger partial charge in [-0.1, -0.05) is 29.8 Å². The second kappa shape index (κ2) is 7.85. The van der Waals surface area contributed by atoms with Crippen LogP contribution in [-0.2, 0) is 28.4 Å². The molecule has 146 valence electrons. The fourth-order valence-corrected chi connectivity index (χ4v) is 4.14. The van der Waals surface area contributed by atoms with E-state index < -0.39 is 5.41 Å². The Labute approximate surface area is 162 Å². The van der Waals surface area contributed by atoms with Gasteiger partial charge in [0.15, 0.2) is 0 Å². The fraction of sp³-hybridized carbons (Fsp3) is 0.545. The van der Waals surface area contributed by atoms with Crippen LogP contribution >= 0.6 is 0 Å². The van der Waals surface area contributed by atoms with Crippen LogP contribution in [0.25, 0.3) is 0 Å². The lowest BCUT2D eigenvalue weighted by molar-refractivity contribution is -0.131. The van der Waals surface area contributed by atoms with Gasteiger partial charge in [0.1, 0.15) is 0 Å². The van der Waals surface area contributed by atoms with E-state index in [0.717, 1.165) is 36.2 Å². The normalized spacial score (nSPS) is 17.5. The van der Waals surface area contributed by atoms with Gasteiger partial charge in [0.05, 0.1) is 11.1 Å². The molecule has 1 atom stereocenters. The average Bonchev–Trinajstić information content (AvgIpc) is 2.88. The summed E-state index contributed by atoms with van der Waals surface area (Å²) in [5, 5.41) is 7.78. The van der Waals surface area contributed by atoms with Crippen molar-refractivity contribution in [3.63, 3.8) is 0 Å². The average molecular weight is 370 g/mol. The highest BCUT2D eigenvalue weighted by Crippen LogP contribution is 2.35. The Bertz CT molecular complexity index is 819. The highest BCUT2D eigenvalue weighted by Gasteiger charge is 2.42. The molecule has 0 aliphatic carbocycles. The van der Waals surface area contributed by atoms with E-state index in [1.807, 2.05) is 24.7 Å². The molecule has 1 fully saturated rings. The molecule has 1 N–H and O–H groups in total. The Kier molecular flexibility index (Phi) is 5.70.